The molecule has 0 spiro atoms. The van der Waals surface area contributed by atoms with Crippen molar-refractivity contribution in [2.45, 2.75) is 6.42 Å². The van der Waals surface area contributed by atoms with Gasteiger partial charge in [0.1, 0.15) is 0 Å². The van der Waals surface area contributed by atoms with Crippen LogP contribution >= 0.6 is 0 Å². The third-order valence-electron chi connectivity index (χ3n) is 2.63. The van der Waals surface area contributed by atoms with Crippen LogP contribution in [0, 0.1) is 0 Å². The van der Waals surface area contributed by atoms with Crippen molar-refractivity contribution in [1.82, 2.24) is 15.5 Å². The van der Waals surface area contributed by atoms with Crippen LogP contribution in [0.4, 0.5) is 5.82 Å². The highest BCUT2D eigenvalue weighted by molar-refractivity contribution is 5.91. The first-order valence-corrected chi connectivity index (χ1v) is 6.22. The van der Waals surface area contributed by atoms with Crippen molar-refractivity contribution in [2.24, 2.45) is 5.73 Å². The van der Waals surface area contributed by atoms with Gasteiger partial charge in [-0.1, -0.05) is 0 Å². The zero-order valence-corrected chi connectivity index (χ0v) is 11.4. The van der Waals surface area contributed by atoms with E-state index in [1.54, 1.807) is 26.3 Å². The van der Waals surface area contributed by atoms with Gasteiger partial charge in [0.25, 0.3) is 5.91 Å². The standard InChI is InChI=1S/C12H21N5O2/c1-14-12(18)10-4-5-11(16-15-10)17(7-3-6-13)8-9-19-2/h4-5H,3,6-9,13H2,1-2H3,(H,14,18). The number of methoxy groups -OCH3 is 1. The van der Waals surface area contributed by atoms with E-state index in [2.05, 4.69) is 15.5 Å². The maximum Gasteiger partial charge on any atom is 0.271 e. The SMILES string of the molecule is CNC(=O)c1ccc(N(CCCN)CCOC)nn1. The summed E-state index contributed by atoms with van der Waals surface area (Å²) >= 11 is 0. The highest BCUT2D eigenvalue weighted by atomic mass is 16.5. The minimum absolute atomic E-state index is 0.246. The Balaban J connectivity index is 2.74. The molecule has 0 atom stereocenters. The third-order valence-corrected chi connectivity index (χ3v) is 2.63. The number of nitrogens with two attached hydrogens (primary N) is 1. The van der Waals surface area contributed by atoms with Crippen LogP contribution in [-0.4, -0.2) is 56.5 Å². The van der Waals surface area contributed by atoms with E-state index >= 15 is 0 Å². The maximum atomic E-state index is 11.4. The Morgan fingerprint density at radius 3 is 2.74 bits per heavy atom. The summed E-state index contributed by atoms with van der Waals surface area (Å²) in [6, 6.07) is 3.44. The van der Waals surface area contributed by atoms with Crippen LogP contribution in [0.2, 0.25) is 0 Å². The molecule has 3 N–H and O–H groups in total. The molecule has 0 saturated heterocycles. The molecule has 7 heteroatoms. The lowest BCUT2D eigenvalue weighted by Gasteiger charge is -2.22. The number of carbonyl (C=O) groups excluding carboxylic acids is 1. The minimum atomic E-state index is -0.246. The van der Waals surface area contributed by atoms with Crippen LogP contribution in [0.3, 0.4) is 0 Å². The molecule has 0 aliphatic heterocycles. The largest absolute Gasteiger partial charge is 0.383 e. The monoisotopic (exact) mass is 267 g/mol. The van der Waals surface area contributed by atoms with Gasteiger partial charge in [0, 0.05) is 27.2 Å². The molecule has 0 radical (unpaired) electrons. The molecule has 1 rings (SSSR count). The lowest BCUT2D eigenvalue weighted by molar-refractivity contribution is 0.0957. The Hall–Kier alpha value is -1.73. The average molecular weight is 267 g/mol. The van der Waals surface area contributed by atoms with Gasteiger partial charge in [-0.15, -0.1) is 10.2 Å². The van der Waals surface area contributed by atoms with Crippen molar-refractivity contribution in [3.8, 4) is 0 Å². The van der Waals surface area contributed by atoms with Crippen LogP contribution in [0.5, 0.6) is 0 Å². The second kappa shape index (κ2) is 8.39. The predicted octanol–water partition coefficient (Wildman–Crippen LogP) is -0.362. The number of hydrogen-bond donors (Lipinski definition) is 2. The average Bonchev–Trinajstić information content (AvgIpc) is 2.47. The van der Waals surface area contributed by atoms with Crippen molar-refractivity contribution >= 4 is 11.7 Å². The van der Waals surface area contributed by atoms with Crippen molar-refractivity contribution in [3.63, 3.8) is 0 Å². The normalized spacial score (nSPS) is 10.3. The van der Waals surface area contributed by atoms with Gasteiger partial charge in [-0.2, -0.15) is 0 Å². The minimum Gasteiger partial charge on any atom is -0.383 e. The first-order chi connectivity index (χ1) is 9.22. The fourth-order valence-corrected chi connectivity index (χ4v) is 1.57. The van der Waals surface area contributed by atoms with E-state index in [0.29, 0.717) is 25.4 Å². The van der Waals surface area contributed by atoms with E-state index in [4.69, 9.17) is 10.5 Å². The summed E-state index contributed by atoms with van der Waals surface area (Å²) in [7, 11) is 3.21. The second-order valence-electron chi connectivity index (χ2n) is 3.98. The predicted molar refractivity (Wildman–Crippen MR) is 73.2 cm³/mol. The number of hydrogen-bond acceptors (Lipinski definition) is 6. The Morgan fingerprint density at radius 2 is 2.21 bits per heavy atom. The molecule has 0 unspecified atom stereocenters. The number of aromatic nitrogens is 2. The van der Waals surface area contributed by atoms with Crippen LogP contribution < -0.4 is 16.0 Å². The molecular weight excluding hydrogens is 246 g/mol. The highest BCUT2D eigenvalue weighted by Gasteiger charge is 2.10. The second-order valence-corrected chi connectivity index (χ2v) is 3.98. The number of ether oxygens (including phenoxy) is 1. The van der Waals surface area contributed by atoms with Gasteiger partial charge in [0.05, 0.1) is 6.61 Å². The molecule has 1 amide bonds. The van der Waals surface area contributed by atoms with Gasteiger partial charge >= 0.3 is 0 Å². The molecule has 1 heterocycles. The molecule has 7 nitrogen and oxygen atoms in total. The summed E-state index contributed by atoms with van der Waals surface area (Å²) in [5.41, 5.74) is 5.82. The lowest BCUT2D eigenvalue weighted by Crippen LogP contribution is -2.31. The van der Waals surface area contributed by atoms with E-state index < -0.39 is 0 Å². The van der Waals surface area contributed by atoms with Gasteiger partial charge in [0.2, 0.25) is 0 Å². The number of carbonyl (C=O) groups is 1. The quantitative estimate of drug-likeness (QED) is 0.668. The third kappa shape index (κ3) is 4.80. The van der Waals surface area contributed by atoms with Crippen molar-refractivity contribution in [3.05, 3.63) is 17.8 Å². The first kappa shape index (κ1) is 15.3. The zero-order valence-electron chi connectivity index (χ0n) is 11.4. The molecule has 1 aromatic rings. The molecule has 0 aliphatic carbocycles. The molecule has 1 aromatic heterocycles. The number of nitrogens with one attached hydrogen (secondary N) is 1. The van der Waals surface area contributed by atoms with Gasteiger partial charge in [-0.3, -0.25) is 4.79 Å². The summed E-state index contributed by atoms with van der Waals surface area (Å²) < 4.78 is 5.07. The van der Waals surface area contributed by atoms with Crippen molar-refractivity contribution in [1.29, 1.82) is 0 Å². The number of anilines is 1. The molecule has 19 heavy (non-hydrogen) atoms. The molecule has 106 valence electrons. The van der Waals surface area contributed by atoms with Gasteiger partial charge in [0.15, 0.2) is 11.5 Å². The maximum absolute atomic E-state index is 11.4. The van der Waals surface area contributed by atoms with E-state index in [1.165, 1.54) is 0 Å². The highest BCUT2D eigenvalue weighted by Crippen LogP contribution is 2.09. The Labute approximate surface area is 113 Å². The zero-order chi connectivity index (χ0) is 14.1. The van der Waals surface area contributed by atoms with E-state index in [9.17, 15) is 4.79 Å². The number of nitrogens with zero attached hydrogens (tertiary/aromatic N) is 3. The summed E-state index contributed by atoms with van der Waals surface area (Å²) in [5, 5.41) is 10.5. The summed E-state index contributed by atoms with van der Waals surface area (Å²) in [6.45, 7) is 2.72. The fourth-order valence-electron chi connectivity index (χ4n) is 1.57. The van der Waals surface area contributed by atoms with Crippen LogP contribution in [0.25, 0.3) is 0 Å². The van der Waals surface area contributed by atoms with Crippen molar-refractivity contribution < 1.29 is 9.53 Å². The van der Waals surface area contributed by atoms with E-state index in [1.807, 2.05) is 4.90 Å². The van der Waals surface area contributed by atoms with Gasteiger partial charge in [-0.05, 0) is 25.1 Å². The Kier molecular flexibility index (Phi) is 6.76. The molecule has 0 aromatic carbocycles. The van der Waals surface area contributed by atoms with Gasteiger partial charge < -0.3 is 20.7 Å². The smallest absolute Gasteiger partial charge is 0.271 e. The Morgan fingerprint density at radius 1 is 1.42 bits per heavy atom. The molecule has 0 aliphatic rings. The molecular formula is C12H21N5O2. The Bertz CT molecular complexity index is 374. The van der Waals surface area contributed by atoms with Crippen LogP contribution in [-0.2, 0) is 4.74 Å². The van der Waals surface area contributed by atoms with E-state index in [-0.39, 0.29) is 5.91 Å². The molecule has 0 saturated carbocycles. The number of rotatable bonds is 8. The molecule has 0 fully saturated rings. The van der Waals surface area contributed by atoms with Crippen LogP contribution in [0.15, 0.2) is 12.1 Å². The van der Waals surface area contributed by atoms with Crippen molar-refractivity contribution in [2.75, 3.05) is 45.3 Å². The van der Waals surface area contributed by atoms with E-state index in [0.717, 1.165) is 18.8 Å². The fraction of sp³-hybridized carbons (Fsp3) is 0.583. The van der Waals surface area contributed by atoms with Gasteiger partial charge in [-0.25, -0.2) is 0 Å². The molecule has 0 bridgehead atoms. The topological polar surface area (TPSA) is 93.4 Å². The summed E-state index contributed by atoms with van der Waals surface area (Å²) in [4.78, 5) is 13.4. The van der Waals surface area contributed by atoms with Crippen LogP contribution in [0.1, 0.15) is 16.9 Å². The lowest BCUT2D eigenvalue weighted by atomic mass is 10.3. The number of amides is 1. The summed E-state index contributed by atoms with van der Waals surface area (Å²) in [5.74, 6) is 0.475. The first-order valence-electron chi connectivity index (χ1n) is 6.22. The summed E-state index contributed by atoms with van der Waals surface area (Å²) in [6.07, 6.45) is 0.864.